The normalized spacial score (nSPS) is 29.1. The van der Waals surface area contributed by atoms with Crippen LogP contribution in [0, 0.1) is 25.7 Å². The molecule has 3 heteroatoms. The van der Waals surface area contributed by atoms with Crippen molar-refractivity contribution in [2.24, 2.45) is 11.8 Å². The summed E-state index contributed by atoms with van der Waals surface area (Å²) in [4.78, 5) is 8.77. The van der Waals surface area contributed by atoms with Crippen molar-refractivity contribution in [3.8, 4) is 0 Å². The minimum atomic E-state index is 0.569. The van der Waals surface area contributed by atoms with Crippen molar-refractivity contribution in [3.05, 3.63) is 17.6 Å². The van der Waals surface area contributed by atoms with Crippen LogP contribution < -0.4 is 5.32 Å². The van der Waals surface area contributed by atoms with Crippen LogP contribution in [0.3, 0.4) is 0 Å². The lowest BCUT2D eigenvalue weighted by Crippen LogP contribution is -2.33. The second-order valence-corrected chi connectivity index (χ2v) is 5.59. The number of nitrogens with one attached hydrogen (secondary N) is 1. The third kappa shape index (κ3) is 3.18. The van der Waals surface area contributed by atoms with Crippen LogP contribution in [0.5, 0.6) is 0 Å². The Morgan fingerprint density at radius 1 is 1.18 bits per heavy atom. The molecule has 1 fully saturated rings. The van der Waals surface area contributed by atoms with Crippen molar-refractivity contribution in [2.45, 2.75) is 53.0 Å². The maximum Gasteiger partial charge on any atom is 0.130 e. The SMILES string of the molecule is Cc1cc(NC2CCC(C)CC2C)nc(C)n1. The molecule has 1 aromatic heterocycles. The molecule has 1 aliphatic carbocycles. The minimum Gasteiger partial charge on any atom is -0.367 e. The predicted molar refractivity (Wildman–Crippen MR) is 71.1 cm³/mol. The van der Waals surface area contributed by atoms with Gasteiger partial charge in [0.15, 0.2) is 0 Å². The van der Waals surface area contributed by atoms with Crippen molar-refractivity contribution < 1.29 is 0 Å². The molecule has 3 atom stereocenters. The molecule has 1 saturated carbocycles. The van der Waals surface area contributed by atoms with E-state index in [0.717, 1.165) is 29.2 Å². The molecular formula is C14H23N3. The van der Waals surface area contributed by atoms with Gasteiger partial charge in [-0.2, -0.15) is 0 Å². The van der Waals surface area contributed by atoms with E-state index >= 15 is 0 Å². The Bertz CT molecular complexity index is 369. The van der Waals surface area contributed by atoms with E-state index < -0.39 is 0 Å². The zero-order chi connectivity index (χ0) is 12.4. The molecule has 17 heavy (non-hydrogen) atoms. The van der Waals surface area contributed by atoms with Gasteiger partial charge in [-0.25, -0.2) is 9.97 Å². The summed E-state index contributed by atoms with van der Waals surface area (Å²) in [7, 11) is 0. The highest BCUT2D eigenvalue weighted by Crippen LogP contribution is 2.30. The van der Waals surface area contributed by atoms with Crippen LogP contribution in [0.1, 0.15) is 44.6 Å². The number of aryl methyl sites for hydroxylation is 2. The third-order valence-corrected chi connectivity index (χ3v) is 3.73. The molecule has 1 aliphatic rings. The standard InChI is InChI=1S/C14H23N3/c1-9-5-6-13(10(2)7-9)17-14-8-11(3)15-12(4)16-14/h8-10,13H,5-7H2,1-4H3,(H,15,16,17). The van der Waals surface area contributed by atoms with E-state index in [2.05, 4.69) is 29.1 Å². The molecule has 0 bridgehead atoms. The van der Waals surface area contributed by atoms with E-state index in [4.69, 9.17) is 0 Å². The average Bonchev–Trinajstić information content (AvgIpc) is 2.21. The number of rotatable bonds is 2. The molecule has 3 unspecified atom stereocenters. The summed E-state index contributed by atoms with van der Waals surface area (Å²) >= 11 is 0. The zero-order valence-electron chi connectivity index (χ0n) is 11.3. The Labute approximate surface area is 104 Å². The Morgan fingerprint density at radius 3 is 2.59 bits per heavy atom. The first-order chi connectivity index (χ1) is 8.04. The molecule has 1 heterocycles. The molecule has 0 saturated heterocycles. The quantitative estimate of drug-likeness (QED) is 0.851. The maximum atomic E-state index is 4.46. The van der Waals surface area contributed by atoms with Crippen LogP contribution in [0.25, 0.3) is 0 Å². The van der Waals surface area contributed by atoms with E-state index in [0.29, 0.717) is 6.04 Å². The number of hydrogen-bond acceptors (Lipinski definition) is 3. The predicted octanol–water partition coefficient (Wildman–Crippen LogP) is 3.33. The van der Waals surface area contributed by atoms with Crippen molar-refractivity contribution in [1.82, 2.24) is 9.97 Å². The molecule has 3 nitrogen and oxygen atoms in total. The van der Waals surface area contributed by atoms with Gasteiger partial charge in [0.25, 0.3) is 0 Å². The van der Waals surface area contributed by atoms with Gasteiger partial charge in [0.1, 0.15) is 11.6 Å². The molecule has 0 aromatic carbocycles. The number of hydrogen-bond donors (Lipinski definition) is 1. The summed E-state index contributed by atoms with van der Waals surface area (Å²) < 4.78 is 0. The van der Waals surface area contributed by atoms with Gasteiger partial charge >= 0.3 is 0 Å². The molecule has 94 valence electrons. The molecular weight excluding hydrogens is 210 g/mol. The molecule has 1 N–H and O–H groups in total. The van der Waals surface area contributed by atoms with Gasteiger partial charge in [0, 0.05) is 17.8 Å². The van der Waals surface area contributed by atoms with Crippen LogP contribution in [0.2, 0.25) is 0 Å². The fourth-order valence-corrected chi connectivity index (χ4v) is 2.86. The lowest BCUT2D eigenvalue weighted by molar-refractivity contribution is 0.276. The van der Waals surface area contributed by atoms with Crippen LogP contribution >= 0.6 is 0 Å². The van der Waals surface area contributed by atoms with Crippen LogP contribution in [0.15, 0.2) is 6.07 Å². The molecule has 0 amide bonds. The van der Waals surface area contributed by atoms with E-state index in [-0.39, 0.29) is 0 Å². The van der Waals surface area contributed by atoms with E-state index in [1.54, 1.807) is 0 Å². The summed E-state index contributed by atoms with van der Waals surface area (Å²) in [6.07, 6.45) is 3.90. The lowest BCUT2D eigenvalue weighted by Gasteiger charge is -2.33. The Balaban J connectivity index is 2.05. The van der Waals surface area contributed by atoms with Gasteiger partial charge in [-0.05, 0) is 44.9 Å². The Hall–Kier alpha value is -1.12. The highest BCUT2D eigenvalue weighted by atomic mass is 15.1. The molecule has 0 spiro atoms. The van der Waals surface area contributed by atoms with Gasteiger partial charge in [-0.3, -0.25) is 0 Å². The lowest BCUT2D eigenvalue weighted by atomic mass is 9.80. The first-order valence-electron chi connectivity index (χ1n) is 6.63. The van der Waals surface area contributed by atoms with Gasteiger partial charge in [-0.15, -0.1) is 0 Å². The van der Waals surface area contributed by atoms with Crippen molar-refractivity contribution in [1.29, 1.82) is 0 Å². The summed E-state index contributed by atoms with van der Waals surface area (Å²) in [6.45, 7) is 8.66. The second-order valence-electron chi connectivity index (χ2n) is 5.59. The highest BCUT2D eigenvalue weighted by Gasteiger charge is 2.25. The smallest absolute Gasteiger partial charge is 0.130 e. The molecule has 0 aliphatic heterocycles. The van der Waals surface area contributed by atoms with Crippen LogP contribution in [0.4, 0.5) is 5.82 Å². The number of aromatic nitrogens is 2. The first-order valence-corrected chi connectivity index (χ1v) is 6.63. The fourth-order valence-electron chi connectivity index (χ4n) is 2.86. The average molecular weight is 233 g/mol. The fraction of sp³-hybridized carbons (Fsp3) is 0.714. The minimum absolute atomic E-state index is 0.569. The Kier molecular flexibility index (Phi) is 3.65. The van der Waals surface area contributed by atoms with Crippen molar-refractivity contribution in [2.75, 3.05) is 5.32 Å². The summed E-state index contributed by atoms with van der Waals surface area (Å²) in [5.41, 5.74) is 1.04. The van der Waals surface area contributed by atoms with E-state index in [1.807, 2.05) is 19.9 Å². The monoisotopic (exact) mass is 233 g/mol. The third-order valence-electron chi connectivity index (χ3n) is 3.73. The van der Waals surface area contributed by atoms with Crippen molar-refractivity contribution >= 4 is 5.82 Å². The van der Waals surface area contributed by atoms with E-state index in [1.165, 1.54) is 19.3 Å². The first kappa shape index (κ1) is 12.3. The van der Waals surface area contributed by atoms with Gasteiger partial charge in [-0.1, -0.05) is 13.8 Å². The van der Waals surface area contributed by atoms with Crippen molar-refractivity contribution in [3.63, 3.8) is 0 Å². The van der Waals surface area contributed by atoms with Crippen LogP contribution in [-0.4, -0.2) is 16.0 Å². The molecule has 0 radical (unpaired) electrons. The largest absolute Gasteiger partial charge is 0.367 e. The number of nitrogens with zero attached hydrogens (tertiary/aromatic N) is 2. The Morgan fingerprint density at radius 2 is 1.94 bits per heavy atom. The summed E-state index contributed by atoms with van der Waals surface area (Å²) in [5.74, 6) is 3.44. The second kappa shape index (κ2) is 5.03. The summed E-state index contributed by atoms with van der Waals surface area (Å²) in [5, 5.41) is 3.58. The van der Waals surface area contributed by atoms with Gasteiger partial charge in [0.05, 0.1) is 0 Å². The number of anilines is 1. The maximum absolute atomic E-state index is 4.46. The van der Waals surface area contributed by atoms with E-state index in [9.17, 15) is 0 Å². The zero-order valence-corrected chi connectivity index (χ0v) is 11.3. The topological polar surface area (TPSA) is 37.8 Å². The molecule has 2 rings (SSSR count). The highest BCUT2D eigenvalue weighted by molar-refractivity contribution is 5.37. The summed E-state index contributed by atoms with van der Waals surface area (Å²) in [6, 6.07) is 2.61. The van der Waals surface area contributed by atoms with Gasteiger partial charge < -0.3 is 5.32 Å². The van der Waals surface area contributed by atoms with Gasteiger partial charge in [0.2, 0.25) is 0 Å². The van der Waals surface area contributed by atoms with Crippen LogP contribution in [-0.2, 0) is 0 Å². The molecule has 1 aromatic rings.